The largest absolute Gasteiger partial charge is 0.458 e. The summed E-state index contributed by atoms with van der Waals surface area (Å²) in [7, 11) is 6.56. The van der Waals surface area contributed by atoms with Crippen LogP contribution in [0.25, 0.3) is 0 Å². The van der Waals surface area contributed by atoms with E-state index in [1.165, 1.54) is 5.57 Å². The molecule has 2 unspecified atom stereocenters. The number of esters is 1. The van der Waals surface area contributed by atoms with E-state index in [2.05, 4.69) is 13.0 Å². The maximum atomic E-state index is 13.4. The molecule has 17 heteroatoms. The third kappa shape index (κ3) is 10.5. The molecular weight excluding hydrogens is 921 g/mol. The number of aliphatic hydroxyl groups excluding tert-OH is 1. The number of carbonyl (C=O) groups is 2. The highest BCUT2D eigenvalue weighted by Gasteiger charge is 2.71. The minimum Gasteiger partial charge on any atom is -0.458 e. The van der Waals surface area contributed by atoms with E-state index in [0.717, 1.165) is 19.3 Å². The summed E-state index contributed by atoms with van der Waals surface area (Å²) in [5.41, 5.74) is -0.429. The van der Waals surface area contributed by atoms with E-state index in [4.69, 9.17) is 61.6 Å². The molecule has 4 aliphatic heterocycles. The van der Waals surface area contributed by atoms with E-state index in [1.54, 1.807) is 55.3 Å². The number of hydrogen-bond donors (Lipinski definition) is 2. The Morgan fingerprint density at radius 2 is 1.14 bits per heavy atom. The molecule has 8 aliphatic rings. The van der Waals surface area contributed by atoms with Crippen LogP contribution < -0.4 is 0 Å². The van der Waals surface area contributed by atoms with Crippen molar-refractivity contribution in [3.63, 3.8) is 0 Å². The lowest BCUT2D eigenvalue weighted by Gasteiger charge is -2.63. The maximum absolute atomic E-state index is 13.4. The molecule has 4 saturated heterocycles. The van der Waals surface area contributed by atoms with E-state index in [1.807, 2.05) is 34.6 Å². The Labute approximate surface area is 421 Å². The van der Waals surface area contributed by atoms with Gasteiger partial charge in [0, 0.05) is 71.0 Å². The Hall–Kier alpha value is -1.94. The van der Waals surface area contributed by atoms with E-state index >= 15 is 0 Å². The van der Waals surface area contributed by atoms with Gasteiger partial charge in [0.1, 0.15) is 36.3 Å². The topological polar surface area (TPSA) is 195 Å². The first-order chi connectivity index (χ1) is 33.7. The fourth-order valence-electron chi connectivity index (χ4n) is 14.4. The van der Waals surface area contributed by atoms with Crippen molar-refractivity contribution in [2.45, 2.75) is 249 Å². The molecule has 3 saturated carbocycles. The summed E-state index contributed by atoms with van der Waals surface area (Å²) >= 11 is 0. The van der Waals surface area contributed by atoms with Gasteiger partial charge in [0.2, 0.25) is 0 Å². The fraction of sp³-hybridized carbons (Fsp3) is 0.889. The second-order valence-corrected chi connectivity index (χ2v) is 22.5. The zero-order valence-corrected chi connectivity index (χ0v) is 44.6. The van der Waals surface area contributed by atoms with Crippen molar-refractivity contribution in [1.82, 2.24) is 0 Å². The van der Waals surface area contributed by atoms with Gasteiger partial charge in [-0.2, -0.15) is 0 Å². The number of aliphatic hydroxyl groups is 2. The van der Waals surface area contributed by atoms with E-state index in [9.17, 15) is 19.8 Å². The highest BCUT2D eigenvalue weighted by atomic mass is 16.8. The molecule has 0 aromatic rings. The molecule has 404 valence electrons. The van der Waals surface area contributed by atoms with Crippen LogP contribution in [-0.4, -0.2) is 167 Å². The SMILES string of the molecule is C/C=C(\C)C(=O)O[C@@H]1CC2C(CC=C3C[C@@H](O[C@H]4C[C@H](OC)[C@H](O[C@H]5C[C@H](OC)[C@H](O[C@H]6C[C@H](OC)[C@H](O[C@H]7C[C@H](OC)[C@H](O)[C@@H](C)O7)[C@@H](C)O6)[C@@H](C)O5)[C@@H](C)O4)CC[C@@]32C)[C@@]2(O)CC[C@H](C(C)=O)[C@@]12C. The predicted molar refractivity (Wildman–Crippen MR) is 257 cm³/mol. The van der Waals surface area contributed by atoms with Crippen molar-refractivity contribution in [3.8, 4) is 0 Å². The van der Waals surface area contributed by atoms with Gasteiger partial charge < -0.3 is 71.8 Å². The Bertz CT molecular complexity index is 1910. The van der Waals surface area contributed by atoms with Gasteiger partial charge in [-0.3, -0.25) is 4.79 Å². The quantitative estimate of drug-likeness (QED) is 0.106. The van der Waals surface area contributed by atoms with Gasteiger partial charge in [-0.1, -0.05) is 31.6 Å². The van der Waals surface area contributed by atoms with Gasteiger partial charge in [0.25, 0.3) is 0 Å². The third-order valence-electron chi connectivity index (χ3n) is 18.8. The number of allylic oxidation sites excluding steroid dienone is 2. The van der Waals surface area contributed by atoms with Crippen LogP contribution in [0.4, 0.5) is 0 Å². The molecule has 4 heterocycles. The van der Waals surface area contributed by atoms with Crippen molar-refractivity contribution >= 4 is 11.8 Å². The average molecular weight is 1010 g/mol. The molecule has 0 amide bonds. The molecule has 17 nitrogen and oxygen atoms in total. The predicted octanol–water partition coefficient (Wildman–Crippen LogP) is 6.26. The van der Waals surface area contributed by atoms with E-state index < -0.39 is 91.1 Å². The number of hydrogen-bond acceptors (Lipinski definition) is 17. The molecule has 24 atom stereocenters. The van der Waals surface area contributed by atoms with Crippen LogP contribution in [0, 0.1) is 28.6 Å². The zero-order chi connectivity index (χ0) is 51.3. The Kier molecular flexibility index (Phi) is 17.4. The van der Waals surface area contributed by atoms with Crippen molar-refractivity contribution in [2.75, 3.05) is 28.4 Å². The molecule has 0 radical (unpaired) electrons. The van der Waals surface area contributed by atoms with Crippen LogP contribution in [0.2, 0.25) is 0 Å². The summed E-state index contributed by atoms with van der Waals surface area (Å²) < 4.78 is 81.8. The number of methoxy groups -OCH3 is 4. The van der Waals surface area contributed by atoms with Gasteiger partial charge >= 0.3 is 5.97 Å². The van der Waals surface area contributed by atoms with Crippen molar-refractivity contribution in [1.29, 1.82) is 0 Å². The van der Waals surface area contributed by atoms with Crippen LogP contribution in [0.3, 0.4) is 0 Å². The van der Waals surface area contributed by atoms with Crippen LogP contribution >= 0.6 is 0 Å². The van der Waals surface area contributed by atoms with E-state index in [0.29, 0.717) is 56.9 Å². The lowest BCUT2D eigenvalue weighted by atomic mass is 9.45. The lowest BCUT2D eigenvalue weighted by Crippen LogP contribution is -2.66. The summed E-state index contributed by atoms with van der Waals surface area (Å²) in [6.45, 7) is 17.1. The summed E-state index contributed by atoms with van der Waals surface area (Å²) in [5.74, 6) is -0.718. The Balaban J connectivity index is 0.855. The molecule has 7 fully saturated rings. The number of ketones is 1. The average Bonchev–Trinajstić information content (AvgIpc) is 3.63. The minimum absolute atomic E-state index is 0.0422. The lowest BCUT2D eigenvalue weighted by molar-refractivity contribution is -0.347. The highest BCUT2D eigenvalue weighted by molar-refractivity contribution is 5.88. The molecule has 71 heavy (non-hydrogen) atoms. The zero-order valence-electron chi connectivity index (χ0n) is 44.6. The summed E-state index contributed by atoms with van der Waals surface area (Å²) in [6, 6.07) is 0. The highest BCUT2D eigenvalue weighted by Crippen LogP contribution is 2.68. The van der Waals surface area contributed by atoms with Crippen molar-refractivity contribution in [2.24, 2.45) is 28.6 Å². The van der Waals surface area contributed by atoms with Crippen molar-refractivity contribution < 1.29 is 81.4 Å². The Morgan fingerprint density at radius 1 is 0.662 bits per heavy atom. The van der Waals surface area contributed by atoms with Gasteiger partial charge in [-0.05, 0) is 111 Å². The van der Waals surface area contributed by atoms with Gasteiger partial charge in [0.15, 0.2) is 25.2 Å². The molecule has 4 aliphatic carbocycles. The molecule has 0 aromatic heterocycles. The first-order valence-corrected chi connectivity index (χ1v) is 26.5. The molecule has 2 N–H and O–H groups in total. The first-order valence-electron chi connectivity index (χ1n) is 26.5. The maximum Gasteiger partial charge on any atom is 0.333 e. The monoisotopic (exact) mass is 1010 g/mol. The molecule has 0 bridgehead atoms. The Morgan fingerprint density at radius 3 is 1.62 bits per heavy atom. The number of rotatable bonds is 15. The van der Waals surface area contributed by atoms with Crippen LogP contribution in [0.1, 0.15) is 133 Å². The summed E-state index contributed by atoms with van der Waals surface area (Å²) in [4.78, 5) is 26.5. The summed E-state index contributed by atoms with van der Waals surface area (Å²) in [5, 5.41) is 23.3. The smallest absolute Gasteiger partial charge is 0.333 e. The van der Waals surface area contributed by atoms with Gasteiger partial charge in [-0.15, -0.1) is 0 Å². The number of ether oxygens (including phenoxy) is 13. The third-order valence-corrected chi connectivity index (χ3v) is 18.8. The molecule has 8 rings (SSSR count). The standard InChI is InChI=1S/C54H86O17/c1-14-27(2)51(57)68-42-22-37-36(54(58)20-18-35(28(3)55)53(42,54)9)16-15-33-21-34(17-19-52(33,37)8)67-43-24-39(60-11)48(30(5)64-43)70-45-26-41(62-13)50(32(7)66-45)71-46-25-40(61-12)49(31(6)65-46)69-44-23-38(59-10)47(56)29(4)63-44/h14-15,29-32,34-50,56,58H,16-26H2,1-13H3/b27-14+/t29-,30-,31-,32-,34+,35-,36?,37?,38+,39+,40+,41+,42-,43+,44+,45+,46+,47-,48-,49-,50-,52+,53+,54+/m1/s1. The first kappa shape index (κ1) is 55.3. The van der Waals surface area contributed by atoms with Crippen LogP contribution in [0.5, 0.6) is 0 Å². The molecular formula is C54H86O17. The number of fused-ring (bicyclic) bond motifs is 5. The second-order valence-electron chi connectivity index (χ2n) is 22.5. The van der Waals surface area contributed by atoms with Crippen LogP contribution in [-0.2, 0) is 71.2 Å². The minimum atomic E-state index is -1.15. The molecule has 0 spiro atoms. The van der Waals surface area contributed by atoms with Crippen LogP contribution in [0.15, 0.2) is 23.3 Å². The fourth-order valence-corrected chi connectivity index (χ4v) is 14.4. The van der Waals surface area contributed by atoms with Gasteiger partial charge in [0.05, 0.1) is 60.5 Å². The number of Topliss-reactive ketones (excluding diaryl/α,β-unsaturated/α-hetero) is 1. The normalized spacial score (nSPS) is 49.3. The number of carbonyl (C=O) groups excluding carboxylic acids is 2. The summed E-state index contributed by atoms with van der Waals surface area (Å²) in [6.07, 6.45) is 2.27. The second kappa shape index (κ2) is 22.3. The molecule has 0 aromatic carbocycles. The van der Waals surface area contributed by atoms with Crippen molar-refractivity contribution in [3.05, 3.63) is 23.3 Å². The van der Waals surface area contributed by atoms with E-state index in [-0.39, 0.29) is 65.4 Å². The van der Waals surface area contributed by atoms with Gasteiger partial charge in [-0.25, -0.2) is 4.79 Å².